The molecule has 0 aliphatic heterocycles. The summed E-state index contributed by atoms with van der Waals surface area (Å²) in [4.78, 5) is 34.2. The second-order valence-corrected chi connectivity index (χ2v) is 4.27. The van der Waals surface area contributed by atoms with Gasteiger partial charge in [0.05, 0.1) is 18.5 Å². The molecule has 0 heterocycles. The van der Waals surface area contributed by atoms with E-state index < -0.39 is 4.92 Å². The average molecular weight is 292 g/mol. The Hall–Kier alpha value is -2.70. The van der Waals surface area contributed by atoms with E-state index in [1.54, 1.807) is 25.3 Å². The van der Waals surface area contributed by atoms with Crippen LogP contribution in [0.5, 0.6) is 0 Å². The van der Waals surface area contributed by atoms with Crippen LogP contribution >= 0.6 is 0 Å². The van der Waals surface area contributed by atoms with Gasteiger partial charge in [0.25, 0.3) is 5.69 Å². The van der Waals surface area contributed by atoms with Crippen molar-refractivity contribution in [3.63, 3.8) is 0 Å². The van der Waals surface area contributed by atoms with E-state index in [1.807, 2.05) is 0 Å². The summed E-state index contributed by atoms with van der Waals surface area (Å²) in [7, 11) is 2.87. The third-order valence-corrected chi connectivity index (χ3v) is 2.78. The first-order valence-electron chi connectivity index (χ1n) is 6.18. The lowest BCUT2D eigenvalue weighted by molar-refractivity contribution is -0.384. The van der Waals surface area contributed by atoms with Crippen LogP contribution in [-0.4, -0.2) is 42.4 Å². The molecule has 0 atom stereocenters. The van der Waals surface area contributed by atoms with Gasteiger partial charge in [0.2, 0.25) is 5.91 Å². The first-order chi connectivity index (χ1) is 9.93. The molecule has 1 rings (SSSR count). The maximum atomic E-state index is 11.8. The molecule has 0 aliphatic rings. The van der Waals surface area contributed by atoms with Crippen molar-refractivity contribution in [2.75, 3.05) is 20.7 Å². The topological polar surface area (TPSA) is 89.8 Å². The predicted octanol–water partition coefficient (Wildman–Crippen LogP) is 1.63. The minimum absolute atomic E-state index is 0.00586. The van der Waals surface area contributed by atoms with Gasteiger partial charge in [-0.25, -0.2) is 0 Å². The molecule has 7 heteroatoms. The molecule has 1 aromatic rings. The smallest absolute Gasteiger partial charge is 0.307 e. The Balaban J connectivity index is 2.56. The highest BCUT2D eigenvalue weighted by atomic mass is 16.6. The van der Waals surface area contributed by atoms with Gasteiger partial charge in [-0.1, -0.05) is 0 Å². The Labute approximate surface area is 122 Å². The van der Waals surface area contributed by atoms with E-state index in [0.29, 0.717) is 5.56 Å². The normalized spacial score (nSPS) is 10.4. The van der Waals surface area contributed by atoms with Gasteiger partial charge in [0.1, 0.15) is 0 Å². The fourth-order valence-corrected chi connectivity index (χ4v) is 1.47. The van der Waals surface area contributed by atoms with Crippen LogP contribution in [0.15, 0.2) is 30.3 Å². The van der Waals surface area contributed by atoms with E-state index in [9.17, 15) is 19.7 Å². The number of nitrogens with zero attached hydrogens (tertiary/aromatic N) is 2. The van der Waals surface area contributed by atoms with Gasteiger partial charge in [-0.05, 0) is 23.8 Å². The monoisotopic (exact) mass is 292 g/mol. The van der Waals surface area contributed by atoms with Crippen LogP contribution in [0.3, 0.4) is 0 Å². The Morgan fingerprint density at radius 2 is 1.95 bits per heavy atom. The highest BCUT2D eigenvalue weighted by molar-refractivity contribution is 5.91. The van der Waals surface area contributed by atoms with Gasteiger partial charge in [-0.15, -0.1) is 0 Å². The maximum absolute atomic E-state index is 11.8. The lowest BCUT2D eigenvalue weighted by atomic mass is 10.2. The molecule has 112 valence electrons. The second kappa shape index (κ2) is 7.78. The third kappa shape index (κ3) is 5.43. The van der Waals surface area contributed by atoms with Crippen LogP contribution in [0, 0.1) is 10.1 Å². The summed E-state index contributed by atoms with van der Waals surface area (Å²) in [6.45, 7) is 0.260. The lowest BCUT2D eigenvalue weighted by Gasteiger charge is -2.13. The molecule has 0 fully saturated rings. The quantitative estimate of drug-likeness (QED) is 0.344. The van der Waals surface area contributed by atoms with Gasteiger partial charge in [-0.3, -0.25) is 19.7 Å². The van der Waals surface area contributed by atoms with Crippen LogP contribution in [0.1, 0.15) is 12.0 Å². The van der Waals surface area contributed by atoms with E-state index in [4.69, 9.17) is 0 Å². The number of nitro benzene ring substituents is 1. The number of likely N-dealkylation sites (N-methyl/N-ethyl adjacent to an activating group) is 1. The number of amides is 1. The van der Waals surface area contributed by atoms with E-state index in [0.717, 1.165) is 0 Å². The van der Waals surface area contributed by atoms with Gasteiger partial charge in [-0.2, -0.15) is 0 Å². The van der Waals surface area contributed by atoms with Crippen LogP contribution in [0.4, 0.5) is 5.69 Å². The minimum atomic E-state index is -0.487. The fourth-order valence-electron chi connectivity index (χ4n) is 1.47. The van der Waals surface area contributed by atoms with E-state index in [-0.39, 0.29) is 30.5 Å². The molecule has 0 saturated heterocycles. The number of nitro groups is 1. The second-order valence-electron chi connectivity index (χ2n) is 4.27. The van der Waals surface area contributed by atoms with Gasteiger partial charge in [0.15, 0.2) is 0 Å². The molecule has 0 saturated carbocycles. The SMILES string of the molecule is COC(=O)CCN(C)C(=O)C=Cc1ccc([N+](=O)[O-])cc1. The van der Waals surface area contributed by atoms with Crippen molar-refractivity contribution >= 4 is 23.6 Å². The van der Waals surface area contributed by atoms with Gasteiger partial charge < -0.3 is 9.64 Å². The standard InChI is InChI=1S/C14H16N2O5/c1-15(10-9-14(18)21-2)13(17)8-5-11-3-6-12(7-4-11)16(19)20/h3-8H,9-10H2,1-2H3. The highest BCUT2D eigenvalue weighted by Crippen LogP contribution is 2.12. The summed E-state index contributed by atoms with van der Waals surface area (Å²) >= 11 is 0. The molecule has 1 aromatic carbocycles. The Morgan fingerprint density at radius 1 is 1.33 bits per heavy atom. The summed E-state index contributed by atoms with van der Waals surface area (Å²) in [6, 6.07) is 5.84. The van der Waals surface area contributed by atoms with Crippen LogP contribution < -0.4 is 0 Å². The van der Waals surface area contributed by atoms with Crippen molar-refractivity contribution in [3.05, 3.63) is 46.0 Å². The maximum Gasteiger partial charge on any atom is 0.307 e. The number of hydrogen-bond donors (Lipinski definition) is 0. The summed E-state index contributed by atoms with van der Waals surface area (Å²) < 4.78 is 4.49. The number of non-ortho nitro benzene ring substituents is 1. The zero-order chi connectivity index (χ0) is 15.8. The number of carbonyl (C=O) groups is 2. The fraction of sp³-hybridized carbons (Fsp3) is 0.286. The first kappa shape index (κ1) is 16.4. The number of esters is 1. The number of carbonyl (C=O) groups excluding carboxylic acids is 2. The molecule has 0 bridgehead atoms. The van der Waals surface area contributed by atoms with E-state index in [2.05, 4.69) is 4.74 Å². The highest BCUT2D eigenvalue weighted by Gasteiger charge is 2.08. The molecular formula is C14H16N2O5. The number of hydrogen-bond acceptors (Lipinski definition) is 5. The molecule has 0 spiro atoms. The van der Waals surface area contributed by atoms with Crippen molar-refractivity contribution in [2.24, 2.45) is 0 Å². The average Bonchev–Trinajstić information content (AvgIpc) is 2.50. The minimum Gasteiger partial charge on any atom is -0.469 e. The number of benzene rings is 1. The molecule has 0 N–H and O–H groups in total. The van der Waals surface area contributed by atoms with Gasteiger partial charge >= 0.3 is 5.97 Å². The van der Waals surface area contributed by atoms with Crippen LogP contribution in [0.2, 0.25) is 0 Å². The number of rotatable bonds is 6. The zero-order valence-corrected chi connectivity index (χ0v) is 11.8. The molecule has 0 radical (unpaired) electrons. The lowest BCUT2D eigenvalue weighted by Crippen LogP contribution is -2.27. The summed E-state index contributed by atoms with van der Waals surface area (Å²) in [5, 5.41) is 10.5. The van der Waals surface area contributed by atoms with Crippen molar-refractivity contribution in [3.8, 4) is 0 Å². The van der Waals surface area contributed by atoms with Crippen LogP contribution in [0.25, 0.3) is 6.08 Å². The predicted molar refractivity (Wildman–Crippen MR) is 76.4 cm³/mol. The van der Waals surface area contributed by atoms with Crippen molar-refractivity contribution < 1.29 is 19.2 Å². The number of ether oxygens (including phenoxy) is 1. The van der Waals surface area contributed by atoms with Crippen molar-refractivity contribution in [2.45, 2.75) is 6.42 Å². The summed E-state index contributed by atoms with van der Waals surface area (Å²) in [5.74, 6) is -0.647. The molecule has 1 amide bonds. The molecule has 0 aromatic heterocycles. The molecular weight excluding hydrogens is 276 g/mol. The van der Waals surface area contributed by atoms with Crippen molar-refractivity contribution in [1.82, 2.24) is 4.90 Å². The van der Waals surface area contributed by atoms with E-state index >= 15 is 0 Å². The van der Waals surface area contributed by atoms with E-state index in [1.165, 1.54) is 30.2 Å². The largest absolute Gasteiger partial charge is 0.469 e. The zero-order valence-electron chi connectivity index (χ0n) is 11.8. The Morgan fingerprint density at radius 3 is 2.48 bits per heavy atom. The van der Waals surface area contributed by atoms with Gasteiger partial charge in [0, 0.05) is 31.8 Å². The Bertz CT molecular complexity index is 551. The Kier molecular flexibility index (Phi) is 6.06. The van der Waals surface area contributed by atoms with Crippen molar-refractivity contribution in [1.29, 1.82) is 0 Å². The summed E-state index contributed by atoms with van der Waals surface area (Å²) in [6.07, 6.45) is 3.03. The third-order valence-electron chi connectivity index (χ3n) is 2.78. The molecule has 21 heavy (non-hydrogen) atoms. The number of methoxy groups -OCH3 is 1. The molecule has 0 unspecified atom stereocenters. The molecule has 0 aliphatic carbocycles. The first-order valence-corrected chi connectivity index (χ1v) is 6.18. The summed E-state index contributed by atoms with van der Waals surface area (Å²) in [5.41, 5.74) is 0.670. The van der Waals surface area contributed by atoms with Crippen LogP contribution in [-0.2, 0) is 14.3 Å². The molecule has 7 nitrogen and oxygen atoms in total.